The number of nitrogens with zero attached hydrogens (tertiary/aromatic N) is 1. The van der Waals surface area contributed by atoms with Gasteiger partial charge in [-0.25, -0.2) is 0 Å². The number of esters is 1. The largest absolute Gasteiger partial charge is 0.452 e. The summed E-state index contributed by atoms with van der Waals surface area (Å²) in [5.41, 5.74) is 3.39. The van der Waals surface area contributed by atoms with Crippen LogP contribution in [0.1, 0.15) is 5.56 Å². The van der Waals surface area contributed by atoms with Crippen molar-refractivity contribution in [3.8, 4) is 11.8 Å². The van der Waals surface area contributed by atoms with E-state index in [4.69, 9.17) is 4.74 Å². The highest BCUT2D eigenvalue weighted by Crippen LogP contribution is 2.54. The molecule has 22 heavy (non-hydrogen) atoms. The Kier molecular flexibility index (Phi) is 3.04. The number of fused-ring (bicyclic) bond motifs is 2. The third-order valence-electron chi connectivity index (χ3n) is 4.66. The second kappa shape index (κ2) is 5.06. The Bertz CT molecular complexity index is 750. The molecule has 1 aliphatic heterocycles. The lowest BCUT2D eigenvalue weighted by molar-refractivity contribution is -0.144. The maximum absolute atomic E-state index is 12.2. The summed E-state index contributed by atoms with van der Waals surface area (Å²) in [5, 5.41) is 0. The fourth-order valence-electron chi connectivity index (χ4n) is 3.54. The molecule has 0 radical (unpaired) electrons. The van der Waals surface area contributed by atoms with Gasteiger partial charge in [0.05, 0.1) is 11.6 Å². The van der Waals surface area contributed by atoms with E-state index in [9.17, 15) is 4.79 Å². The number of anilines is 1. The molecule has 4 rings (SSSR count). The number of benzene rings is 1. The molecule has 1 saturated carbocycles. The first kappa shape index (κ1) is 13.2. The summed E-state index contributed by atoms with van der Waals surface area (Å²) in [6, 6.07) is 8.10. The standard InChI is InChI=1S/C19H17NO2/c1-20-12-14-7-4-9-15-17(14)18(15)19(21)22-11-5-8-13-6-2-3-10-16(13)20/h2-4,6-7,9-10,15,17-18H,11-12H2,1H3/t15-,17+,18+/m1/s1. The number of hydrogen-bond donors (Lipinski definition) is 0. The number of ether oxygens (including phenoxy) is 1. The van der Waals surface area contributed by atoms with E-state index in [1.54, 1.807) is 0 Å². The van der Waals surface area contributed by atoms with E-state index in [-0.39, 0.29) is 18.5 Å². The van der Waals surface area contributed by atoms with Crippen molar-refractivity contribution in [2.75, 3.05) is 25.1 Å². The smallest absolute Gasteiger partial charge is 0.311 e. The molecule has 110 valence electrons. The van der Waals surface area contributed by atoms with Gasteiger partial charge in [-0.1, -0.05) is 42.2 Å². The van der Waals surface area contributed by atoms with E-state index in [2.05, 4.69) is 48.1 Å². The van der Waals surface area contributed by atoms with Crippen LogP contribution in [0.2, 0.25) is 0 Å². The SMILES string of the molecule is CN1CC2=CC=C[C@H]3[C@H](C(=O)OCC#Cc4ccccc41)[C@@H]23. The molecule has 0 amide bonds. The highest BCUT2D eigenvalue weighted by Gasteiger charge is 2.56. The van der Waals surface area contributed by atoms with Crippen LogP contribution in [0.25, 0.3) is 0 Å². The molecule has 0 aromatic heterocycles. The van der Waals surface area contributed by atoms with E-state index < -0.39 is 0 Å². The van der Waals surface area contributed by atoms with Crippen LogP contribution in [0.5, 0.6) is 0 Å². The Morgan fingerprint density at radius 2 is 2.14 bits per heavy atom. The molecule has 0 bridgehead atoms. The first-order valence-corrected chi connectivity index (χ1v) is 7.58. The predicted octanol–water partition coefficient (Wildman–Crippen LogP) is 2.39. The third kappa shape index (κ3) is 2.12. The molecule has 0 unspecified atom stereocenters. The number of hydrogen-bond acceptors (Lipinski definition) is 3. The molecular weight excluding hydrogens is 274 g/mol. The Hall–Kier alpha value is -2.47. The van der Waals surface area contributed by atoms with Crippen LogP contribution in [-0.2, 0) is 9.53 Å². The Morgan fingerprint density at radius 3 is 3.05 bits per heavy atom. The Labute approximate surface area is 130 Å². The molecule has 3 heteroatoms. The number of cyclic esters (lactones) is 1. The highest BCUT2D eigenvalue weighted by molar-refractivity contribution is 5.79. The van der Waals surface area contributed by atoms with Gasteiger partial charge in [-0.15, -0.1) is 0 Å². The zero-order valence-electron chi connectivity index (χ0n) is 12.5. The van der Waals surface area contributed by atoms with Gasteiger partial charge in [-0.05, 0) is 23.6 Å². The van der Waals surface area contributed by atoms with Gasteiger partial charge in [0.1, 0.15) is 0 Å². The zero-order valence-corrected chi connectivity index (χ0v) is 12.5. The molecule has 1 heterocycles. The topological polar surface area (TPSA) is 29.5 Å². The second-order valence-electron chi connectivity index (χ2n) is 6.04. The van der Waals surface area contributed by atoms with Crippen molar-refractivity contribution in [1.29, 1.82) is 0 Å². The van der Waals surface area contributed by atoms with Crippen molar-refractivity contribution in [3.63, 3.8) is 0 Å². The van der Waals surface area contributed by atoms with E-state index in [0.717, 1.165) is 17.8 Å². The Morgan fingerprint density at radius 1 is 1.27 bits per heavy atom. The predicted molar refractivity (Wildman–Crippen MR) is 85.2 cm³/mol. The molecule has 1 fully saturated rings. The van der Waals surface area contributed by atoms with Gasteiger partial charge in [-0.3, -0.25) is 4.79 Å². The lowest BCUT2D eigenvalue weighted by Gasteiger charge is -2.23. The van der Waals surface area contributed by atoms with Crippen LogP contribution in [0.15, 0.2) is 48.1 Å². The number of carbonyl (C=O) groups excluding carboxylic acids is 1. The van der Waals surface area contributed by atoms with E-state index in [1.807, 2.05) is 18.2 Å². The quantitative estimate of drug-likeness (QED) is 0.543. The van der Waals surface area contributed by atoms with Gasteiger partial charge in [0.15, 0.2) is 6.61 Å². The van der Waals surface area contributed by atoms with E-state index >= 15 is 0 Å². The van der Waals surface area contributed by atoms with Crippen LogP contribution in [0.4, 0.5) is 5.69 Å². The van der Waals surface area contributed by atoms with Crippen LogP contribution in [0, 0.1) is 29.6 Å². The van der Waals surface area contributed by atoms with Gasteiger partial charge >= 0.3 is 5.97 Å². The average Bonchev–Trinajstić information content (AvgIpc) is 3.26. The molecule has 3 atom stereocenters. The van der Waals surface area contributed by atoms with Crippen LogP contribution in [-0.4, -0.2) is 26.2 Å². The van der Waals surface area contributed by atoms with Crippen LogP contribution < -0.4 is 4.90 Å². The Balaban J connectivity index is 1.73. The highest BCUT2D eigenvalue weighted by atomic mass is 16.5. The number of likely N-dealkylation sites (N-methyl/N-ethyl adjacent to an activating group) is 1. The number of allylic oxidation sites excluding steroid dienone is 3. The molecule has 0 saturated heterocycles. The van der Waals surface area contributed by atoms with E-state index in [0.29, 0.717) is 11.8 Å². The van der Waals surface area contributed by atoms with Crippen LogP contribution in [0.3, 0.4) is 0 Å². The first-order valence-electron chi connectivity index (χ1n) is 7.58. The summed E-state index contributed by atoms with van der Waals surface area (Å²) in [7, 11) is 2.08. The number of carbonyl (C=O) groups is 1. The van der Waals surface area contributed by atoms with Crippen molar-refractivity contribution in [1.82, 2.24) is 0 Å². The zero-order chi connectivity index (χ0) is 15.1. The summed E-state index contributed by atoms with van der Waals surface area (Å²) in [4.78, 5) is 14.4. The van der Waals surface area contributed by atoms with Crippen molar-refractivity contribution in [3.05, 3.63) is 53.6 Å². The molecule has 0 N–H and O–H groups in total. The summed E-state index contributed by atoms with van der Waals surface area (Å²) >= 11 is 0. The minimum atomic E-state index is -0.113. The maximum atomic E-state index is 12.2. The van der Waals surface area contributed by atoms with Gasteiger partial charge in [-0.2, -0.15) is 0 Å². The van der Waals surface area contributed by atoms with Crippen molar-refractivity contribution in [2.24, 2.45) is 17.8 Å². The third-order valence-corrected chi connectivity index (χ3v) is 4.66. The molecular formula is C19H17NO2. The molecule has 3 nitrogen and oxygen atoms in total. The van der Waals surface area contributed by atoms with Gasteiger partial charge < -0.3 is 9.64 Å². The molecule has 2 aliphatic carbocycles. The molecule has 1 aromatic rings. The maximum Gasteiger partial charge on any atom is 0.311 e. The summed E-state index contributed by atoms with van der Waals surface area (Å²) in [5.74, 6) is 6.56. The van der Waals surface area contributed by atoms with Gasteiger partial charge in [0.2, 0.25) is 0 Å². The van der Waals surface area contributed by atoms with Crippen molar-refractivity contribution < 1.29 is 9.53 Å². The summed E-state index contributed by atoms with van der Waals surface area (Å²) < 4.78 is 5.33. The average molecular weight is 291 g/mol. The number of rotatable bonds is 0. The van der Waals surface area contributed by atoms with E-state index in [1.165, 1.54) is 5.57 Å². The van der Waals surface area contributed by atoms with Crippen molar-refractivity contribution >= 4 is 11.7 Å². The molecule has 1 aromatic carbocycles. The van der Waals surface area contributed by atoms with Gasteiger partial charge in [0.25, 0.3) is 0 Å². The fraction of sp³-hybridized carbons (Fsp3) is 0.316. The normalized spacial score (nSPS) is 28.8. The molecule has 3 aliphatic rings. The monoisotopic (exact) mass is 291 g/mol. The van der Waals surface area contributed by atoms with Crippen molar-refractivity contribution in [2.45, 2.75) is 0 Å². The lowest BCUT2D eigenvalue weighted by atomic mass is 10.0. The lowest BCUT2D eigenvalue weighted by Crippen LogP contribution is -2.23. The number of para-hydroxylation sites is 1. The van der Waals surface area contributed by atoms with Crippen LogP contribution >= 0.6 is 0 Å². The summed E-state index contributed by atoms with van der Waals surface area (Å²) in [6.45, 7) is 0.976. The molecule has 0 spiro atoms. The minimum Gasteiger partial charge on any atom is -0.452 e. The second-order valence-corrected chi connectivity index (χ2v) is 6.04. The fourth-order valence-corrected chi connectivity index (χ4v) is 3.54. The summed E-state index contributed by atoms with van der Waals surface area (Å²) in [6.07, 6.45) is 6.34. The minimum absolute atomic E-state index is 0.0186. The van der Waals surface area contributed by atoms with Gasteiger partial charge in [0, 0.05) is 25.1 Å². The first-order chi connectivity index (χ1) is 10.8.